The van der Waals surface area contributed by atoms with Gasteiger partial charge in [-0.3, -0.25) is 4.98 Å². The quantitative estimate of drug-likeness (QED) is 0.858. The minimum absolute atomic E-state index is 0.453. The van der Waals surface area contributed by atoms with Gasteiger partial charge in [0.05, 0.1) is 17.9 Å². The number of aromatic nitrogens is 1. The van der Waals surface area contributed by atoms with Gasteiger partial charge in [-0.05, 0) is 23.8 Å². The van der Waals surface area contributed by atoms with Crippen LogP contribution in [0.5, 0.6) is 0 Å². The summed E-state index contributed by atoms with van der Waals surface area (Å²) in [7, 11) is 0. The number of rotatable bonds is 2. The van der Waals surface area contributed by atoms with Crippen LogP contribution < -0.4 is 0 Å². The van der Waals surface area contributed by atoms with E-state index in [-0.39, 0.29) is 0 Å². The molecule has 20 heavy (non-hydrogen) atoms. The molecule has 0 saturated heterocycles. The highest BCUT2D eigenvalue weighted by Crippen LogP contribution is 2.39. The van der Waals surface area contributed by atoms with Crippen LogP contribution in [0.15, 0.2) is 30.5 Å². The van der Waals surface area contributed by atoms with E-state index in [1.54, 1.807) is 0 Å². The molecule has 2 aromatic rings. The van der Waals surface area contributed by atoms with Crippen LogP contribution in [0, 0.1) is 11.6 Å². The molecule has 0 amide bonds. The summed E-state index contributed by atoms with van der Waals surface area (Å²) in [5, 5.41) is 8.98. The first-order valence-corrected chi connectivity index (χ1v) is 5.46. The Hall–Kier alpha value is -2.02. The first-order chi connectivity index (χ1) is 9.36. The third kappa shape index (κ3) is 2.49. The molecule has 1 heterocycles. The smallest absolute Gasteiger partial charge is 0.392 e. The lowest BCUT2D eigenvalue weighted by Crippen LogP contribution is -2.13. The van der Waals surface area contributed by atoms with Gasteiger partial charge in [-0.25, -0.2) is 8.78 Å². The van der Waals surface area contributed by atoms with Crippen LogP contribution in [0.3, 0.4) is 0 Å². The summed E-state index contributed by atoms with van der Waals surface area (Å²) in [4.78, 5) is 3.49. The predicted octanol–water partition coefficient (Wildman–Crippen LogP) is 3.54. The molecule has 1 aromatic heterocycles. The Morgan fingerprint density at radius 1 is 1.10 bits per heavy atom. The molecule has 2 rings (SSSR count). The van der Waals surface area contributed by atoms with Gasteiger partial charge in [0.15, 0.2) is 11.6 Å². The number of halogens is 5. The topological polar surface area (TPSA) is 33.1 Å². The van der Waals surface area contributed by atoms with E-state index in [0.717, 1.165) is 30.5 Å². The summed E-state index contributed by atoms with van der Waals surface area (Å²) in [6.07, 6.45) is -3.85. The van der Waals surface area contributed by atoms with Gasteiger partial charge in [-0.2, -0.15) is 13.2 Å². The largest absolute Gasteiger partial charge is 0.418 e. The van der Waals surface area contributed by atoms with Crippen molar-refractivity contribution < 1.29 is 27.1 Å². The normalized spacial score (nSPS) is 11.7. The number of benzene rings is 1. The van der Waals surface area contributed by atoms with Gasteiger partial charge in [0.1, 0.15) is 0 Å². The van der Waals surface area contributed by atoms with Crippen molar-refractivity contribution in [2.45, 2.75) is 12.8 Å². The maximum absolute atomic E-state index is 13.6. The first-order valence-electron chi connectivity index (χ1n) is 5.46. The molecular weight excluding hydrogens is 281 g/mol. The maximum atomic E-state index is 13.6. The summed E-state index contributed by atoms with van der Waals surface area (Å²) in [6, 6.07) is 3.85. The minimum Gasteiger partial charge on any atom is -0.392 e. The molecule has 1 aromatic carbocycles. The standard InChI is InChI=1S/C13H8F5NO/c14-9-3-1-2-8(11(9)15)12-10(13(16,17)18)7(6-20)4-5-19-12/h1-5,20H,6H2. The van der Waals surface area contributed by atoms with Crippen LogP contribution in [-0.2, 0) is 12.8 Å². The van der Waals surface area contributed by atoms with Crippen LogP contribution in [0.1, 0.15) is 11.1 Å². The second-order valence-electron chi connectivity index (χ2n) is 3.95. The van der Waals surface area contributed by atoms with E-state index in [4.69, 9.17) is 5.11 Å². The number of nitrogens with zero attached hydrogens (tertiary/aromatic N) is 1. The van der Waals surface area contributed by atoms with Crippen LogP contribution in [-0.4, -0.2) is 10.1 Å². The van der Waals surface area contributed by atoms with Crippen molar-refractivity contribution in [3.63, 3.8) is 0 Å². The highest BCUT2D eigenvalue weighted by molar-refractivity contribution is 5.66. The molecule has 0 atom stereocenters. The van der Waals surface area contributed by atoms with Gasteiger partial charge in [-0.1, -0.05) is 6.07 Å². The molecule has 0 saturated carbocycles. The van der Waals surface area contributed by atoms with E-state index in [2.05, 4.69) is 4.98 Å². The number of hydrogen-bond donors (Lipinski definition) is 1. The first kappa shape index (κ1) is 14.4. The van der Waals surface area contributed by atoms with Crippen molar-refractivity contribution in [2.24, 2.45) is 0 Å². The Morgan fingerprint density at radius 3 is 2.40 bits per heavy atom. The van der Waals surface area contributed by atoms with Crippen molar-refractivity contribution in [3.05, 3.63) is 53.2 Å². The van der Waals surface area contributed by atoms with E-state index in [0.29, 0.717) is 0 Å². The number of aliphatic hydroxyl groups excluding tert-OH is 1. The van der Waals surface area contributed by atoms with Gasteiger partial charge in [-0.15, -0.1) is 0 Å². The van der Waals surface area contributed by atoms with Crippen molar-refractivity contribution in [1.29, 1.82) is 0 Å². The van der Waals surface area contributed by atoms with Crippen LogP contribution in [0.4, 0.5) is 22.0 Å². The van der Waals surface area contributed by atoms with E-state index in [1.807, 2.05) is 0 Å². The Kier molecular flexibility index (Phi) is 3.71. The number of pyridine rings is 1. The second kappa shape index (κ2) is 5.16. The average Bonchev–Trinajstić information content (AvgIpc) is 2.40. The average molecular weight is 289 g/mol. The van der Waals surface area contributed by atoms with Crippen LogP contribution in [0.2, 0.25) is 0 Å². The molecule has 0 aliphatic carbocycles. The lowest BCUT2D eigenvalue weighted by atomic mass is 10.0. The number of alkyl halides is 3. The highest BCUT2D eigenvalue weighted by Gasteiger charge is 2.37. The van der Waals surface area contributed by atoms with E-state index >= 15 is 0 Å². The Balaban J connectivity index is 2.78. The fourth-order valence-electron chi connectivity index (χ4n) is 1.84. The van der Waals surface area contributed by atoms with E-state index in [1.165, 1.54) is 0 Å². The molecule has 0 aliphatic heterocycles. The van der Waals surface area contributed by atoms with E-state index < -0.39 is 46.8 Å². The summed E-state index contributed by atoms with van der Waals surface area (Å²) in [5.74, 6) is -2.69. The molecule has 0 radical (unpaired) electrons. The summed E-state index contributed by atoms with van der Waals surface area (Å²) in [6.45, 7) is -0.888. The molecule has 0 bridgehead atoms. The zero-order valence-electron chi connectivity index (χ0n) is 9.88. The van der Waals surface area contributed by atoms with Crippen molar-refractivity contribution >= 4 is 0 Å². The summed E-state index contributed by atoms with van der Waals surface area (Å²) >= 11 is 0. The van der Waals surface area contributed by atoms with Crippen molar-refractivity contribution in [3.8, 4) is 11.3 Å². The Labute approximate surface area is 110 Å². The number of aliphatic hydroxyl groups is 1. The van der Waals surface area contributed by atoms with Crippen LogP contribution in [0.25, 0.3) is 11.3 Å². The van der Waals surface area contributed by atoms with Gasteiger partial charge >= 0.3 is 6.18 Å². The van der Waals surface area contributed by atoms with Gasteiger partial charge in [0.25, 0.3) is 0 Å². The minimum atomic E-state index is -4.85. The monoisotopic (exact) mass is 289 g/mol. The van der Waals surface area contributed by atoms with Gasteiger partial charge < -0.3 is 5.11 Å². The molecule has 0 spiro atoms. The molecule has 2 nitrogen and oxygen atoms in total. The zero-order valence-corrected chi connectivity index (χ0v) is 9.88. The van der Waals surface area contributed by atoms with E-state index in [9.17, 15) is 22.0 Å². The highest BCUT2D eigenvalue weighted by atomic mass is 19.4. The lowest BCUT2D eigenvalue weighted by molar-refractivity contribution is -0.138. The van der Waals surface area contributed by atoms with Crippen molar-refractivity contribution in [2.75, 3.05) is 0 Å². The van der Waals surface area contributed by atoms with Crippen LogP contribution >= 0.6 is 0 Å². The molecular formula is C13H8F5NO. The third-order valence-corrected chi connectivity index (χ3v) is 2.70. The molecule has 1 N–H and O–H groups in total. The summed E-state index contributed by atoms with van der Waals surface area (Å²) < 4.78 is 65.9. The second-order valence-corrected chi connectivity index (χ2v) is 3.95. The molecule has 106 valence electrons. The van der Waals surface area contributed by atoms with Gasteiger partial charge in [0, 0.05) is 11.8 Å². The molecule has 0 unspecified atom stereocenters. The molecule has 7 heteroatoms. The van der Waals surface area contributed by atoms with Gasteiger partial charge in [0.2, 0.25) is 0 Å². The predicted molar refractivity (Wildman–Crippen MR) is 60.5 cm³/mol. The molecule has 0 fully saturated rings. The fraction of sp³-hybridized carbons (Fsp3) is 0.154. The third-order valence-electron chi connectivity index (χ3n) is 2.70. The lowest BCUT2D eigenvalue weighted by Gasteiger charge is -2.16. The fourth-order valence-corrected chi connectivity index (χ4v) is 1.84. The Bertz CT molecular complexity index is 639. The SMILES string of the molecule is OCc1ccnc(-c2cccc(F)c2F)c1C(F)(F)F. The van der Waals surface area contributed by atoms with Crippen molar-refractivity contribution in [1.82, 2.24) is 4.98 Å². The molecule has 0 aliphatic rings. The maximum Gasteiger partial charge on any atom is 0.418 e. The zero-order chi connectivity index (χ0) is 14.9. The Morgan fingerprint density at radius 2 is 1.80 bits per heavy atom. The number of hydrogen-bond acceptors (Lipinski definition) is 2. The summed E-state index contributed by atoms with van der Waals surface area (Å²) in [5.41, 5.74) is -3.08.